The van der Waals surface area contributed by atoms with E-state index in [0.717, 1.165) is 6.42 Å². The summed E-state index contributed by atoms with van der Waals surface area (Å²) >= 11 is 0. The fraction of sp³-hybridized carbons (Fsp3) is 0.417. The molecule has 1 unspecified atom stereocenters. The molecule has 0 heterocycles. The molecular weight excluding hydrogens is 206 g/mol. The molecule has 1 aromatic carbocycles. The van der Waals surface area contributed by atoms with E-state index < -0.39 is 6.10 Å². The molecular formula is C12H17NO3. The summed E-state index contributed by atoms with van der Waals surface area (Å²) in [6.45, 7) is 3.35. The van der Waals surface area contributed by atoms with Crippen molar-refractivity contribution in [2.45, 2.75) is 32.8 Å². The Morgan fingerprint density at radius 2 is 2.19 bits per heavy atom. The fourth-order valence-corrected chi connectivity index (χ4v) is 1.49. The summed E-state index contributed by atoms with van der Waals surface area (Å²) in [6, 6.07) is 4.72. The van der Waals surface area contributed by atoms with Crippen LogP contribution >= 0.6 is 0 Å². The van der Waals surface area contributed by atoms with Gasteiger partial charge in [-0.15, -0.1) is 0 Å². The van der Waals surface area contributed by atoms with Crippen molar-refractivity contribution in [3.05, 3.63) is 23.8 Å². The van der Waals surface area contributed by atoms with Gasteiger partial charge in [-0.3, -0.25) is 4.79 Å². The van der Waals surface area contributed by atoms with Crippen molar-refractivity contribution in [2.24, 2.45) is 0 Å². The maximum absolute atomic E-state index is 10.9. The zero-order valence-electron chi connectivity index (χ0n) is 9.53. The van der Waals surface area contributed by atoms with Gasteiger partial charge in [0.1, 0.15) is 5.75 Å². The number of aromatic hydroxyl groups is 1. The fourth-order valence-electron chi connectivity index (χ4n) is 1.49. The smallest absolute Gasteiger partial charge is 0.221 e. The van der Waals surface area contributed by atoms with Gasteiger partial charge in [0, 0.05) is 6.92 Å². The van der Waals surface area contributed by atoms with Gasteiger partial charge < -0.3 is 15.5 Å². The number of nitrogens with one attached hydrogen (secondary N) is 1. The number of phenolic OH excluding ortho intramolecular Hbond substituents is 1. The number of carbonyl (C=O) groups is 1. The lowest BCUT2D eigenvalue weighted by atomic mass is 10.0. The lowest BCUT2D eigenvalue weighted by Crippen LogP contribution is -2.07. The molecule has 4 nitrogen and oxygen atoms in total. The first-order valence-corrected chi connectivity index (χ1v) is 5.33. The van der Waals surface area contributed by atoms with Crippen molar-refractivity contribution in [1.82, 2.24) is 0 Å². The van der Waals surface area contributed by atoms with Crippen LogP contribution in [0.4, 0.5) is 5.69 Å². The molecule has 16 heavy (non-hydrogen) atoms. The number of rotatable bonds is 4. The van der Waals surface area contributed by atoms with Gasteiger partial charge in [-0.05, 0) is 24.1 Å². The van der Waals surface area contributed by atoms with Gasteiger partial charge in [0.25, 0.3) is 0 Å². The van der Waals surface area contributed by atoms with Crippen molar-refractivity contribution >= 4 is 11.6 Å². The van der Waals surface area contributed by atoms with Crippen molar-refractivity contribution in [3.8, 4) is 5.75 Å². The molecule has 0 aliphatic carbocycles. The quantitative estimate of drug-likeness (QED) is 0.685. The summed E-state index contributed by atoms with van der Waals surface area (Å²) in [5.41, 5.74) is 1.03. The van der Waals surface area contributed by atoms with Crippen molar-refractivity contribution in [2.75, 3.05) is 5.32 Å². The summed E-state index contributed by atoms with van der Waals surface area (Å²) in [6.07, 6.45) is 0.972. The molecule has 0 aliphatic heterocycles. The highest BCUT2D eigenvalue weighted by Gasteiger charge is 2.10. The van der Waals surface area contributed by atoms with Gasteiger partial charge in [-0.2, -0.15) is 0 Å². The third-order valence-electron chi connectivity index (χ3n) is 2.28. The van der Waals surface area contributed by atoms with Crippen LogP contribution < -0.4 is 5.32 Å². The zero-order valence-corrected chi connectivity index (χ0v) is 9.53. The van der Waals surface area contributed by atoms with Crippen LogP contribution in [-0.4, -0.2) is 16.1 Å². The predicted octanol–water partition coefficient (Wildman–Crippen LogP) is 2.18. The van der Waals surface area contributed by atoms with Crippen LogP contribution in [-0.2, 0) is 4.79 Å². The largest absolute Gasteiger partial charge is 0.506 e. The van der Waals surface area contributed by atoms with Crippen molar-refractivity contribution < 1.29 is 15.0 Å². The Morgan fingerprint density at radius 3 is 2.75 bits per heavy atom. The van der Waals surface area contributed by atoms with E-state index in [-0.39, 0.29) is 11.7 Å². The Kier molecular flexibility index (Phi) is 4.31. The molecule has 0 spiro atoms. The number of aliphatic hydroxyl groups is 1. The summed E-state index contributed by atoms with van der Waals surface area (Å²) in [7, 11) is 0. The Morgan fingerprint density at radius 1 is 1.50 bits per heavy atom. The number of aliphatic hydroxyl groups excluding tert-OH is 1. The van der Waals surface area contributed by atoms with Gasteiger partial charge >= 0.3 is 0 Å². The SMILES string of the molecule is CCCC(O)c1ccc(O)c(NC(C)=O)c1. The second kappa shape index (κ2) is 5.51. The number of benzene rings is 1. The Balaban J connectivity index is 2.92. The van der Waals surface area contributed by atoms with Crippen LogP contribution in [0.2, 0.25) is 0 Å². The Hall–Kier alpha value is -1.55. The van der Waals surface area contributed by atoms with Crippen LogP contribution in [0, 0.1) is 0 Å². The van der Waals surface area contributed by atoms with E-state index >= 15 is 0 Å². The lowest BCUT2D eigenvalue weighted by molar-refractivity contribution is -0.114. The van der Waals surface area contributed by atoms with E-state index in [1.165, 1.54) is 13.0 Å². The molecule has 0 fully saturated rings. The molecule has 1 aromatic rings. The van der Waals surface area contributed by atoms with E-state index in [1.54, 1.807) is 12.1 Å². The second-order valence-electron chi connectivity index (χ2n) is 3.76. The van der Waals surface area contributed by atoms with E-state index in [1.807, 2.05) is 6.92 Å². The summed E-state index contributed by atoms with van der Waals surface area (Å²) in [5, 5.41) is 21.8. The summed E-state index contributed by atoms with van der Waals surface area (Å²) in [4.78, 5) is 10.9. The summed E-state index contributed by atoms with van der Waals surface area (Å²) < 4.78 is 0. The third-order valence-corrected chi connectivity index (χ3v) is 2.28. The van der Waals surface area contributed by atoms with Gasteiger partial charge in [0.15, 0.2) is 0 Å². The molecule has 1 atom stereocenters. The first-order chi connectivity index (χ1) is 7.54. The molecule has 1 rings (SSSR count). The number of anilines is 1. The topological polar surface area (TPSA) is 69.6 Å². The van der Waals surface area contributed by atoms with Crippen LogP contribution in [0.1, 0.15) is 38.4 Å². The number of hydrogen-bond donors (Lipinski definition) is 3. The molecule has 0 saturated heterocycles. The highest BCUT2D eigenvalue weighted by atomic mass is 16.3. The van der Waals surface area contributed by atoms with E-state index in [0.29, 0.717) is 17.7 Å². The molecule has 1 amide bonds. The first kappa shape index (κ1) is 12.5. The Labute approximate surface area is 94.9 Å². The average molecular weight is 223 g/mol. The number of hydrogen-bond acceptors (Lipinski definition) is 3. The minimum Gasteiger partial charge on any atom is -0.506 e. The summed E-state index contributed by atoms with van der Waals surface area (Å²) in [5.74, 6) is -0.250. The van der Waals surface area contributed by atoms with Gasteiger partial charge in [-0.25, -0.2) is 0 Å². The predicted molar refractivity (Wildman–Crippen MR) is 62.3 cm³/mol. The van der Waals surface area contributed by atoms with Gasteiger partial charge in [0.05, 0.1) is 11.8 Å². The molecule has 0 radical (unpaired) electrons. The number of phenols is 1. The van der Waals surface area contributed by atoms with E-state index in [9.17, 15) is 15.0 Å². The minimum absolute atomic E-state index is 0.00245. The standard InChI is InChI=1S/C12H17NO3/c1-3-4-11(15)9-5-6-12(16)10(7-9)13-8(2)14/h5-7,11,15-16H,3-4H2,1-2H3,(H,13,14). The van der Waals surface area contributed by atoms with Crippen molar-refractivity contribution in [3.63, 3.8) is 0 Å². The molecule has 0 aliphatic rings. The molecule has 0 saturated carbocycles. The van der Waals surface area contributed by atoms with Crippen LogP contribution in [0.25, 0.3) is 0 Å². The lowest BCUT2D eigenvalue weighted by Gasteiger charge is -2.12. The normalized spacial score (nSPS) is 12.2. The monoisotopic (exact) mass is 223 g/mol. The molecule has 0 aromatic heterocycles. The number of carbonyl (C=O) groups excluding carboxylic acids is 1. The maximum atomic E-state index is 10.9. The van der Waals surface area contributed by atoms with E-state index in [2.05, 4.69) is 5.32 Å². The average Bonchev–Trinajstić information content (AvgIpc) is 2.21. The molecule has 88 valence electrons. The second-order valence-corrected chi connectivity index (χ2v) is 3.76. The van der Waals surface area contributed by atoms with E-state index in [4.69, 9.17) is 0 Å². The highest BCUT2D eigenvalue weighted by molar-refractivity contribution is 5.90. The Bertz CT molecular complexity index is 377. The highest BCUT2D eigenvalue weighted by Crippen LogP contribution is 2.28. The van der Waals surface area contributed by atoms with Gasteiger partial charge in [0.2, 0.25) is 5.91 Å². The first-order valence-electron chi connectivity index (χ1n) is 5.33. The zero-order chi connectivity index (χ0) is 12.1. The van der Waals surface area contributed by atoms with Crippen molar-refractivity contribution in [1.29, 1.82) is 0 Å². The number of amides is 1. The molecule has 3 N–H and O–H groups in total. The van der Waals surface area contributed by atoms with Crippen LogP contribution in [0.15, 0.2) is 18.2 Å². The minimum atomic E-state index is -0.557. The molecule has 4 heteroatoms. The molecule has 0 bridgehead atoms. The van der Waals surface area contributed by atoms with Gasteiger partial charge in [-0.1, -0.05) is 19.4 Å². The maximum Gasteiger partial charge on any atom is 0.221 e. The van der Waals surface area contributed by atoms with Crippen LogP contribution in [0.5, 0.6) is 5.75 Å². The third kappa shape index (κ3) is 3.24. The van der Waals surface area contributed by atoms with Crippen LogP contribution in [0.3, 0.4) is 0 Å².